The molecule has 1 aliphatic carbocycles. The number of nitrogens with zero attached hydrogens (tertiary/aromatic N) is 1. The van der Waals surface area contributed by atoms with Gasteiger partial charge in [0.1, 0.15) is 5.75 Å². The van der Waals surface area contributed by atoms with Crippen LogP contribution >= 0.6 is 0 Å². The normalized spacial score (nSPS) is 18.8. The fraction of sp³-hybridized carbons (Fsp3) is 0.409. The number of benzene rings is 2. The molecule has 1 heterocycles. The molecule has 5 nitrogen and oxygen atoms in total. The zero-order chi connectivity index (χ0) is 18.6. The first-order chi connectivity index (χ1) is 13.2. The zero-order valence-corrected chi connectivity index (χ0v) is 15.6. The molecule has 142 valence electrons. The molecule has 2 aromatic rings. The largest absolute Gasteiger partial charge is 0.508 e. The molecule has 0 spiro atoms. The minimum atomic E-state index is -0.162. The maximum Gasteiger partial charge on any atom is 0.315 e. The first kappa shape index (κ1) is 17.7. The number of anilines is 1. The molecule has 2 aromatic carbocycles. The highest BCUT2D eigenvalue weighted by Crippen LogP contribution is 2.36. The van der Waals surface area contributed by atoms with Crippen LogP contribution in [0.1, 0.15) is 48.4 Å². The summed E-state index contributed by atoms with van der Waals surface area (Å²) in [6, 6.07) is 13.7. The van der Waals surface area contributed by atoms with Gasteiger partial charge >= 0.3 is 6.03 Å². The van der Waals surface area contributed by atoms with Crippen LogP contribution in [0, 0.1) is 0 Å². The van der Waals surface area contributed by atoms with Crippen LogP contribution in [0.5, 0.6) is 5.75 Å². The highest BCUT2D eigenvalue weighted by atomic mass is 16.3. The van der Waals surface area contributed by atoms with E-state index in [1.807, 2.05) is 18.2 Å². The Bertz CT molecular complexity index is 815. The molecule has 1 saturated heterocycles. The maximum atomic E-state index is 12.5. The molecule has 2 aliphatic rings. The zero-order valence-electron chi connectivity index (χ0n) is 15.6. The number of para-hydroxylation sites is 1. The number of phenols is 1. The Balaban J connectivity index is 1.38. The molecule has 5 heteroatoms. The molecule has 3 N–H and O–H groups in total. The van der Waals surface area contributed by atoms with E-state index in [4.69, 9.17) is 0 Å². The van der Waals surface area contributed by atoms with Crippen molar-refractivity contribution in [2.24, 2.45) is 0 Å². The van der Waals surface area contributed by atoms with Gasteiger partial charge in [-0.2, -0.15) is 0 Å². The summed E-state index contributed by atoms with van der Waals surface area (Å²) < 4.78 is 0. The number of carbonyl (C=O) groups is 1. The number of aromatic hydroxyl groups is 1. The predicted octanol–water partition coefficient (Wildman–Crippen LogP) is 3.87. The van der Waals surface area contributed by atoms with Crippen molar-refractivity contribution in [1.82, 2.24) is 10.6 Å². The van der Waals surface area contributed by atoms with E-state index in [1.165, 1.54) is 24.9 Å². The third-order valence-corrected chi connectivity index (χ3v) is 5.68. The van der Waals surface area contributed by atoms with E-state index in [9.17, 15) is 9.90 Å². The van der Waals surface area contributed by atoms with Gasteiger partial charge in [-0.25, -0.2) is 4.79 Å². The van der Waals surface area contributed by atoms with Crippen molar-refractivity contribution in [3.05, 3.63) is 59.2 Å². The summed E-state index contributed by atoms with van der Waals surface area (Å²) in [7, 11) is 0. The quantitative estimate of drug-likeness (QED) is 0.771. The molecule has 1 atom stereocenters. The summed E-state index contributed by atoms with van der Waals surface area (Å²) in [6.45, 7) is 2.69. The molecular formula is C22H27N3O2. The van der Waals surface area contributed by atoms with E-state index in [2.05, 4.69) is 33.7 Å². The topological polar surface area (TPSA) is 64.6 Å². The van der Waals surface area contributed by atoms with Gasteiger partial charge in [-0.1, -0.05) is 30.3 Å². The van der Waals surface area contributed by atoms with Gasteiger partial charge in [-0.3, -0.25) is 0 Å². The highest BCUT2D eigenvalue weighted by molar-refractivity contribution is 5.75. The molecule has 1 fully saturated rings. The second-order valence-corrected chi connectivity index (χ2v) is 7.44. The number of phenolic OH excluding ortho intramolecular Hbond substituents is 1. The van der Waals surface area contributed by atoms with E-state index in [1.54, 1.807) is 6.07 Å². The standard InChI is InChI=1S/C22H27N3O2/c26-21-10-6-8-17-18(21)11-12-19(17)24-22(27)23-15-16-7-2-3-9-20(16)25-13-4-1-5-14-25/h2-3,6-10,19,26H,1,4-5,11-15H2,(H2,23,24,27). The van der Waals surface area contributed by atoms with Gasteiger partial charge in [-0.15, -0.1) is 0 Å². The summed E-state index contributed by atoms with van der Waals surface area (Å²) >= 11 is 0. The van der Waals surface area contributed by atoms with Crippen molar-refractivity contribution >= 4 is 11.7 Å². The Labute approximate surface area is 160 Å². The van der Waals surface area contributed by atoms with Crippen LogP contribution < -0.4 is 15.5 Å². The fourth-order valence-corrected chi connectivity index (χ4v) is 4.27. The maximum absolute atomic E-state index is 12.5. The van der Waals surface area contributed by atoms with Crippen LogP contribution in [0.15, 0.2) is 42.5 Å². The Morgan fingerprint density at radius 2 is 1.89 bits per heavy atom. The van der Waals surface area contributed by atoms with E-state index >= 15 is 0 Å². The number of fused-ring (bicyclic) bond motifs is 1. The molecule has 27 heavy (non-hydrogen) atoms. The monoisotopic (exact) mass is 365 g/mol. The van der Waals surface area contributed by atoms with Crippen LogP contribution in [0.25, 0.3) is 0 Å². The predicted molar refractivity (Wildman–Crippen MR) is 107 cm³/mol. The first-order valence-electron chi connectivity index (χ1n) is 9.90. The van der Waals surface area contributed by atoms with Gasteiger partial charge in [0, 0.05) is 25.3 Å². The summed E-state index contributed by atoms with van der Waals surface area (Å²) in [5, 5.41) is 16.0. The third-order valence-electron chi connectivity index (χ3n) is 5.68. The van der Waals surface area contributed by atoms with Gasteiger partial charge in [-0.05, 0) is 60.9 Å². The lowest BCUT2D eigenvalue weighted by atomic mass is 10.1. The number of piperidine rings is 1. The van der Waals surface area contributed by atoms with Crippen molar-refractivity contribution < 1.29 is 9.90 Å². The molecule has 1 aliphatic heterocycles. The number of carbonyl (C=O) groups excluding carboxylic acids is 1. The molecule has 0 saturated carbocycles. The van der Waals surface area contributed by atoms with Crippen LogP contribution in [-0.4, -0.2) is 24.2 Å². The minimum absolute atomic E-state index is 0.0376. The van der Waals surface area contributed by atoms with Crippen LogP contribution in [-0.2, 0) is 13.0 Å². The molecule has 4 rings (SSSR count). The average molecular weight is 365 g/mol. The number of hydrogen-bond donors (Lipinski definition) is 3. The Hall–Kier alpha value is -2.69. The number of nitrogens with one attached hydrogen (secondary N) is 2. The van der Waals surface area contributed by atoms with Gasteiger partial charge in [0.25, 0.3) is 0 Å². The van der Waals surface area contributed by atoms with Crippen molar-refractivity contribution in [3.8, 4) is 5.75 Å². The lowest BCUT2D eigenvalue weighted by molar-refractivity contribution is 0.236. The summed E-state index contributed by atoms with van der Waals surface area (Å²) in [4.78, 5) is 14.9. The van der Waals surface area contributed by atoms with Crippen LogP contribution in [0.2, 0.25) is 0 Å². The molecule has 2 amide bonds. The Morgan fingerprint density at radius 3 is 2.74 bits per heavy atom. The molecule has 0 bridgehead atoms. The molecule has 0 aromatic heterocycles. The molecular weight excluding hydrogens is 338 g/mol. The van der Waals surface area contributed by atoms with Gasteiger partial charge in [0.2, 0.25) is 0 Å². The van der Waals surface area contributed by atoms with E-state index in [-0.39, 0.29) is 12.1 Å². The molecule has 0 radical (unpaired) electrons. The number of amides is 2. The van der Waals surface area contributed by atoms with Crippen LogP contribution in [0.4, 0.5) is 10.5 Å². The fourth-order valence-electron chi connectivity index (χ4n) is 4.27. The van der Waals surface area contributed by atoms with E-state index < -0.39 is 0 Å². The SMILES string of the molecule is O=C(NCc1ccccc1N1CCCCC1)NC1CCc2c(O)cccc21. The highest BCUT2D eigenvalue weighted by Gasteiger charge is 2.26. The van der Waals surface area contributed by atoms with Crippen molar-refractivity contribution in [1.29, 1.82) is 0 Å². The second kappa shape index (κ2) is 7.91. The second-order valence-electron chi connectivity index (χ2n) is 7.44. The number of rotatable bonds is 4. The lowest BCUT2D eigenvalue weighted by Gasteiger charge is -2.30. The van der Waals surface area contributed by atoms with E-state index in [0.717, 1.165) is 42.6 Å². The first-order valence-corrected chi connectivity index (χ1v) is 9.90. The molecule has 1 unspecified atom stereocenters. The van der Waals surface area contributed by atoms with Crippen molar-refractivity contribution in [3.63, 3.8) is 0 Å². The van der Waals surface area contributed by atoms with Crippen molar-refractivity contribution in [2.45, 2.75) is 44.7 Å². The summed E-state index contributed by atoms with van der Waals surface area (Å²) in [6.07, 6.45) is 5.39. The lowest BCUT2D eigenvalue weighted by Crippen LogP contribution is -2.37. The Morgan fingerprint density at radius 1 is 1.07 bits per heavy atom. The summed E-state index contributed by atoms with van der Waals surface area (Å²) in [5.74, 6) is 0.327. The van der Waals surface area contributed by atoms with Crippen molar-refractivity contribution in [2.75, 3.05) is 18.0 Å². The van der Waals surface area contributed by atoms with Gasteiger partial charge in [0.15, 0.2) is 0 Å². The van der Waals surface area contributed by atoms with Gasteiger partial charge < -0.3 is 20.6 Å². The number of hydrogen-bond acceptors (Lipinski definition) is 3. The van der Waals surface area contributed by atoms with Crippen LogP contribution in [0.3, 0.4) is 0 Å². The number of urea groups is 1. The van der Waals surface area contributed by atoms with Gasteiger partial charge in [0.05, 0.1) is 6.04 Å². The summed E-state index contributed by atoms with van der Waals surface area (Å²) in [5.41, 5.74) is 4.37. The van der Waals surface area contributed by atoms with E-state index in [0.29, 0.717) is 12.3 Å². The smallest absolute Gasteiger partial charge is 0.315 e. The average Bonchev–Trinajstić information content (AvgIpc) is 3.11. The Kier molecular flexibility index (Phi) is 5.19. The third kappa shape index (κ3) is 3.87. The minimum Gasteiger partial charge on any atom is -0.508 e.